The van der Waals surface area contributed by atoms with E-state index in [-0.39, 0.29) is 5.91 Å². The number of amides is 1. The van der Waals surface area contributed by atoms with Gasteiger partial charge in [0.05, 0.1) is 12.1 Å². The van der Waals surface area contributed by atoms with Crippen molar-refractivity contribution in [3.05, 3.63) is 65.5 Å². The lowest BCUT2D eigenvalue weighted by Gasteiger charge is -2.08. The minimum atomic E-state index is 0.00367. The normalized spacial score (nSPS) is 10.5. The van der Waals surface area contributed by atoms with E-state index in [1.165, 1.54) is 0 Å². The number of rotatable bonds is 7. The quantitative estimate of drug-likeness (QED) is 0.637. The molecular formula is C19H22N6O. The van der Waals surface area contributed by atoms with E-state index in [9.17, 15) is 4.79 Å². The van der Waals surface area contributed by atoms with Gasteiger partial charge in [-0.15, -0.1) is 10.2 Å². The zero-order valence-electron chi connectivity index (χ0n) is 14.9. The van der Waals surface area contributed by atoms with Gasteiger partial charge in [0.2, 0.25) is 5.91 Å². The van der Waals surface area contributed by atoms with E-state index < -0.39 is 0 Å². The van der Waals surface area contributed by atoms with Crippen LogP contribution in [0, 0.1) is 13.8 Å². The first-order chi connectivity index (χ1) is 12.6. The summed E-state index contributed by atoms with van der Waals surface area (Å²) in [4.78, 5) is 11.9. The Labute approximate surface area is 152 Å². The van der Waals surface area contributed by atoms with E-state index in [1.807, 2.05) is 62.4 Å². The van der Waals surface area contributed by atoms with Gasteiger partial charge in [0.15, 0.2) is 5.82 Å². The summed E-state index contributed by atoms with van der Waals surface area (Å²) >= 11 is 0. The van der Waals surface area contributed by atoms with E-state index in [4.69, 9.17) is 0 Å². The first-order valence-corrected chi connectivity index (χ1v) is 8.54. The fraction of sp³-hybridized carbons (Fsp3) is 0.263. The number of aromatic nitrogens is 4. The average molecular weight is 350 g/mol. The van der Waals surface area contributed by atoms with E-state index in [0.29, 0.717) is 31.1 Å². The summed E-state index contributed by atoms with van der Waals surface area (Å²) in [6.45, 7) is 5.02. The molecule has 0 aliphatic heterocycles. The Bertz CT molecular complexity index is 857. The minimum Gasteiger partial charge on any atom is -0.367 e. The third-order valence-corrected chi connectivity index (χ3v) is 3.84. The molecule has 2 heterocycles. The van der Waals surface area contributed by atoms with E-state index in [0.717, 1.165) is 17.0 Å². The van der Waals surface area contributed by atoms with Crippen LogP contribution in [0.15, 0.2) is 48.5 Å². The highest BCUT2D eigenvalue weighted by Crippen LogP contribution is 2.10. The molecule has 2 aromatic heterocycles. The number of anilines is 1. The second-order valence-corrected chi connectivity index (χ2v) is 6.05. The molecule has 3 aromatic rings. The molecule has 0 aliphatic carbocycles. The van der Waals surface area contributed by atoms with Crippen molar-refractivity contribution >= 4 is 11.7 Å². The van der Waals surface area contributed by atoms with E-state index in [1.54, 1.807) is 4.68 Å². The molecule has 0 saturated carbocycles. The van der Waals surface area contributed by atoms with Crippen LogP contribution in [0.2, 0.25) is 0 Å². The Balaban J connectivity index is 1.44. The molecule has 0 aliphatic rings. The predicted molar refractivity (Wildman–Crippen MR) is 100 cm³/mol. The van der Waals surface area contributed by atoms with Crippen molar-refractivity contribution < 1.29 is 4.79 Å². The van der Waals surface area contributed by atoms with Crippen LogP contribution in [0.3, 0.4) is 0 Å². The van der Waals surface area contributed by atoms with Crippen molar-refractivity contribution in [3.63, 3.8) is 0 Å². The maximum atomic E-state index is 11.9. The molecule has 0 atom stereocenters. The Morgan fingerprint density at radius 1 is 1.04 bits per heavy atom. The first kappa shape index (κ1) is 17.6. The summed E-state index contributed by atoms with van der Waals surface area (Å²) in [6.07, 6.45) is 0.387. The fourth-order valence-electron chi connectivity index (χ4n) is 2.63. The zero-order valence-corrected chi connectivity index (χ0v) is 14.9. The van der Waals surface area contributed by atoms with Crippen LogP contribution >= 0.6 is 0 Å². The van der Waals surface area contributed by atoms with Gasteiger partial charge in [-0.3, -0.25) is 4.79 Å². The van der Waals surface area contributed by atoms with Gasteiger partial charge in [0, 0.05) is 18.8 Å². The number of aryl methyl sites for hydroxylation is 2. The van der Waals surface area contributed by atoms with Crippen molar-refractivity contribution in [2.45, 2.75) is 20.3 Å². The fourth-order valence-corrected chi connectivity index (χ4v) is 2.63. The van der Waals surface area contributed by atoms with Crippen LogP contribution < -0.4 is 10.6 Å². The van der Waals surface area contributed by atoms with Crippen LogP contribution in [0.4, 0.5) is 5.82 Å². The highest BCUT2D eigenvalue weighted by atomic mass is 16.1. The molecule has 1 amide bonds. The molecular weight excluding hydrogens is 328 g/mol. The summed E-state index contributed by atoms with van der Waals surface area (Å²) in [5, 5.41) is 18.8. The Kier molecular flexibility index (Phi) is 5.58. The smallest absolute Gasteiger partial charge is 0.224 e. The third-order valence-electron chi connectivity index (χ3n) is 3.84. The molecule has 7 heteroatoms. The van der Waals surface area contributed by atoms with Gasteiger partial charge in [0.1, 0.15) is 5.82 Å². The lowest BCUT2D eigenvalue weighted by atomic mass is 10.1. The number of nitrogens with zero attached hydrogens (tertiary/aromatic N) is 4. The molecule has 26 heavy (non-hydrogen) atoms. The molecule has 1 aromatic carbocycles. The molecule has 134 valence electrons. The minimum absolute atomic E-state index is 0.00367. The van der Waals surface area contributed by atoms with Gasteiger partial charge in [0.25, 0.3) is 0 Å². The maximum absolute atomic E-state index is 11.9. The van der Waals surface area contributed by atoms with Gasteiger partial charge >= 0.3 is 0 Å². The number of benzene rings is 1. The second-order valence-electron chi connectivity index (χ2n) is 6.05. The van der Waals surface area contributed by atoms with Crippen LogP contribution in [0.1, 0.15) is 17.0 Å². The molecule has 0 radical (unpaired) electrons. The Morgan fingerprint density at radius 2 is 1.85 bits per heavy atom. The van der Waals surface area contributed by atoms with Crippen molar-refractivity contribution in [1.29, 1.82) is 0 Å². The lowest BCUT2D eigenvalue weighted by Crippen LogP contribution is -2.30. The summed E-state index contributed by atoms with van der Waals surface area (Å²) in [5.74, 6) is 1.34. The third kappa shape index (κ3) is 4.66. The molecule has 2 N–H and O–H groups in total. The standard InChI is InChI=1S/C19H22N6O/c1-14-12-15(2)25(24-14)18-9-8-17(22-23-18)20-10-11-21-19(26)13-16-6-4-3-5-7-16/h3-9,12H,10-11,13H2,1-2H3,(H,20,22)(H,21,26). The predicted octanol–water partition coefficient (Wildman–Crippen LogP) is 2.05. The molecule has 0 fully saturated rings. The second kappa shape index (κ2) is 8.24. The Hall–Kier alpha value is -3.22. The van der Waals surface area contributed by atoms with E-state index >= 15 is 0 Å². The van der Waals surface area contributed by atoms with Crippen molar-refractivity contribution in [2.75, 3.05) is 18.4 Å². The number of nitrogens with one attached hydrogen (secondary N) is 2. The van der Waals surface area contributed by atoms with E-state index in [2.05, 4.69) is 25.9 Å². The maximum Gasteiger partial charge on any atom is 0.224 e. The number of hydrogen-bond acceptors (Lipinski definition) is 5. The number of carbonyl (C=O) groups is 1. The largest absolute Gasteiger partial charge is 0.367 e. The van der Waals surface area contributed by atoms with Gasteiger partial charge < -0.3 is 10.6 Å². The summed E-state index contributed by atoms with van der Waals surface area (Å²) in [5.41, 5.74) is 2.96. The number of hydrogen-bond donors (Lipinski definition) is 2. The molecule has 0 saturated heterocycles. The first-order valence-electron chi connectivity index (χ1n) is 8.54. The van der Waals surface area contributed by atoms with Crippen molar-refractivity contribution in [2.24, 2.45) is 0 Å². The topological polar surface area (TPSA) is 84.7 Å². The molecule has 0 bridgehead atoms. The number of carbonyl (C=O) groups excluding carboxylic acids is 1. The van der Waals surface area contributed by atoms with Gasteiger partial charge in [-0.1, -0.05) is 30.3 Å². The van der Waals surface area contributed by atoms with Gasteiger partial charge in [-0.05, 0) is 37.6 Å². The summed E-state index contributed by atoms with van der Waals surface area (Å²) in [6, 6.07) is 15.4. The Morgan fingerprint density at radius 3 is 2.50 bits per heavy atom. The van der Waals surface area contributed by atoms with Crippen LogP contribution in [0.25, 0.3) is 5.82 Å². The molecule has 3 rings (SSSR count). The lowest BCUT2D eigenvalue weighted by molar-refractivity contribution is -0.120. The van der Waals surface area contributed by atoms with Crippen LogP contribution in [0.5, 0.6) is 0 Å². The molecule has 0 spiro atoms. The SMILES string of the molecule is Cc1cc(C)n(-c2ccc(NCCNC(=O)Cc3ccccc3)nn2)n1. The van der Waals surface area contributed by atoms with Crippen LogP contribution in [-0.4, -0.2) is 39.0 Å². The van der Waals surface area contributed by atoms with Gasteiger partial charge in [-0.2, -0.15) is 5.10 Å². The summed E-state index contributed by atoms with van der Waals surface area (Å²) < 4.78 is 1.76. The monoisotopic (exact) mass is 350 g/mol. The van der Waals surface area contributed by atoms with Crippen LogP contribution in [-0.2, 0) is 11.2 Å². The average Bonchev–Trinajstić information content (AvgIpc) is 2.98. The van der Waals surface area contributed by atoms with Crippen molar-refractivity contribution in [1.82, 2.24) is 25.3 Å². The molecule has 0 unspecified atom stereocenters. The highest BCUT2D eigenvalue weighted by Gasteiger charge is 2.06. The van der Waals surface area contributed by atoms with Crippen molar-refractivity contribution in [3.8, 4) is 5.82 Å². The molecule has 7 nitrogen and oxygen atoms in total. The summed E-state index contributed by atoms with van der Waals surface area (Å²) in [7, 11) is 0. The highest BCUT2D eigenvalue weighted by molar-refractivity contribution is 5.78. The van der Waals surface area contributed by atoms with Gasteiger partial charge in [-0.25, -0.2) is 4.68 Å². The zero-order chi connectivity index (χ0) is 18.4.